The van der Waals surface area contributed by atoms with Crippen molar-refractivity contribution in [1.82, 2.24) is 0 Å². The van der Waals surface area contributed by atoms with Crippen LogP contribution in [0.3, 0.4) is 0 Å². The zero-order chi connectivity index (χ0) is 21.6. The van der Waals surface area contributed by atoms with E-state index in [9.17, 15) is 54.9 Å². The van der Waals surface area contributed by atoms with Crippen LogP contribution in [0.25, 0.3) is 0 Å². The zero-order valence-electron chi connectivity index (χ0n) is 13.7. The van der Waals surface area contributed by atoms with Crippen molar-refractivity contribution in [3.63, 3.8) is 0 Å². The minimum atomic E-state index is -2.88. The minimum absolute atomic E-state index is 0. The molecule has 0 aromatic carbocycles. The van der Waals surface area contributed by atoms with Gasteiger partial charge in [0.25, 0.3) is 0 Å². The molecule has 0 aromatic heterocycles. The van der Waals surface area contributed by atoms with Crippen LogP contribution < -0.4 is 10.2 Å². The summed E-state index contributed by atoms with van der Waals surface area (Å²) in [6.45, 7) is 0. The number of esters is 1. The summed E-state index contributed by atoms with van der Waals surface area (Å²) in [5, 5.41) is 94.6. The largest absolute Gasteiger partial charge is 1.00 e. The van der Waals surface area contributed by atoms with E-state index in [2.05, 4.69) is 4.74 Å². The Balaban J connectivity index is -0.00000338. The van der Waals surface area contributed by atoms with E-state index in [0.717, 1.165) is 0 Å². The van der Waals surface area contributed by atoms with E-state index in [0.29, 0.717) is 0 Å². The number of hydrogen-bond donors (Lipinski definition) is 8. The number of hydrogen-bond acceptors (Lipinski definition) is 14. The van der Waals surface area contributed by atoms with Crippen LogP contribution in [-0.2, 0) is 68.7 Å². The molecule has 176 valence electrons. The number of carboxylic acid groups (broad SMARTS) is 3. The van der Waals surface area contributed by atoms with Crippen molar-refractivity contribution in [2.24, 2.45) is 0 Å². The van der Waals surface area contributed by atoms with Gasteiger partial charge in [0.05, 0.1) is 11.9 Å². The predicted octanol–water partition coefficient (Wildman–Crippen LogP) is -9.00. The average molecular weight is 616 g/mol. The molecule has 0 aromatic rings. The van der Waals surface area contributed by atoms with Crippen LogP contribution in [0.1, 0.15) is 0 Å². The maximum atomic E-state index is 11.6. The van der Waals surface area contributed by atoms with E-state index in [-0.39, 0.29) is 44.8 Å². The number of carbonyl (C=O) groups is 4. The Labute approximate surface area is 192 Å². The number of aliphatic carboxylic acids is 3. The number of carboxylic acids is 3. The Kier molecular flexibility index (Phi) is 16.0. The Morgan fingerprint density at radius 2 is 1.00 bits per heavy atom. The van der Waals surface area contributed by atoms with Crippen LogP contribution in [0.15, 0.2) is 0 Å². The maximum Gasteiger partial charge on any atom is 1.00 e. The van der Waals surface area contributed by atoms with Crippen molar-refractivity contribution < 1.29 is 120 Å². The second-order valence-electron chi connectivity index (χ2n) is 5.13. The van der Waals surface area contributed by atoms with Crippen LogP contribution in [0, 0.1) is 0 Å². The summed E-state index contributed by atoms with van der Waals surface area (Å²) < 4.78 is 4.01. The third-order valence-electron chi connectivity index (χ3n) is 3.19. The van der Waals surface area contributed by atoms with Gasteiger partial charge in [0, 0.05) is 0 Å². The summed E-state index contributed by atoms with van der Waals surface area (Å²) in [6, 6.07) is 0. The molecular weight excluding hydrogens is 600 g/mol. The topological polar surface area (TPSA) is 285 Å². The Morgan fingerprint density at radius 1 is 0.621 bits per heavy atom. The van der Waals surface area contributed by atoms with Gasteiger partial charge in [-0.25, -0.2) is 9.59 Å². The molecule has 29 heavy (non-hydrogen) atoms. The standard InChI is InChI=1S/C12H18O15.2Ag/c13-1(5(17)9(20)21)2(14)7(19)12(26)27-8(11(24)25)4(16)3(15)6(18)10(22)23;;/h1-8,13-19H,(H,20,21)(H,22,23)(H,24,25);;/q;2*+1/p-2/t1-,2+,3-,4+,5+,6+,7-,8-;;/m1../s1. The second-order valence-corrected chi connectivity index (χ2v) is 5.13. The quantitative estimate of drug-likeness (QED) is 0.0790. The minimum Gasteiger partial charge on any atom is -0.547 e. The molecule has 0 amide bonds. The van der Waals surface area contributed by atoms with E-state index in [1.807, 2.05) is 0 Å². The summed E-state index contributed by atoms with van der Waals surface area (Å²) in [7, 11) is 0. The van der Waals surface area contributed by atoms with E-state index in [1.54, 1.807) is 0 Å². The molecule has 0 radical (unpaired) electrons. The van der Waals surface area contributed by atoms with Crippen LogP contribution in [0.5, 0.6) is 0 Å². The third-order valence-corrected chi connectivity index (χ3v) is 3.19. The first kappa shape index (κ1) is 32.7. The number of aliphatic hydroxyl groups is 7. The molecule has 8 N–H and O–H groups in total. The first-order chi connectivity index (χ1) is 12.2. The molecule has 0 bridgehead atoms. The summed E-state index contributed by atoms with van der Waals surface area (Å²) in [5.41, 5.74) is 0. The van der Waals surface area contributed by atoms with Crippen LogP contribution in [-0.4, -0.2) is 114 Å². The molecular formula is C12H16Ag2O15. The molecule has 0 aliphatic rings. The van der Waals surface area contributed by atoms with Gasteiger partial charge >= 0.3 is 56.7 Å². The molecule has 0 heterocycles. The monoisotopic (exact) mass is 614 g/mol. The van der Waals surface area contributed by atoms with Gasteiger partial charge in [-0.05, 0) is 0 Å². The Morgan fingerprint density at radius 3 is 1.34 bits per heavy atom. The van der Waals surface area contributed by atoms with Crippen LogP contribution >= 0.6 is 0 Å². The normalized spacial score (nSPS) is 18.9. The SMILES string of the molecule is O=C(O)[C@@H](O)[C@H](O)[C@H](O)[C@@H](O)C(=O)O[C@@H](C(=O)[O-])[C@@H](O)[C@@H](O)[C@H](O)C(=O)[O-].[Ag+].[Ag+]. The summed E-state index contributed by atoms with van der Waals surface area (Å²) in [6.07, 6.45) is -22.1. The fraction of sp³-hybridized carbons (Fsp3) is 0.667. The first-order valence-corrected chi connectivity index (χ1v) is 6.85. The molecule has 8 atom stereocenters. The number of aliphatic hydroxyl groups excluding tert-OH is 7. The van der Waals surface area contributed by atoms with Gasteiger partial charge < -0.3 is 65.4 Å². The maximum absolute atomic E-state index is 11.6. The number of ether oxygens (including phenoxy) is 1. The van der Waals surface area contributed by atoms with Crippen molar-refractivity contribution in [3.8, 4) is 0 Å². The summed E-state index contributed by atoms with van der Waals surface area (Å²) in [4.78, 5) is 43.3. The molecule has 0 spiro atoms. The smallest absolute Gasteiger partial charge is 0.547 e. The predicted molar refractivity (Wildman–Crippen MR) is 69.6 cm³/mol. The van der Waals surface area contributed by atoms with Crippen molar-refractivity contribution in [2.75, 3.05) is 0 Å². The molecule has 0 unspecified atom stereocenters. The van der Waals surface area contributed by atoms with Crippen molar-refractivity contribution in [2.45, 2.75) is 48.8 Å². The molecule has 17 heteroatoms. The van der Waals surface area contributed by atoms with Crippen molar-refractivity contribution >= 4 is 23.9 Å². The number of rotatable bonds is 11. The average Bonchev–Trinajstić information content (AvgIpc) is 2.60. The van der Waals surface area contributed by atoms with E-state index >= 15 is 0 Å². The molecule has 0 saturated carbocycles. The van der Waals surface area contributed by atoms with Gasteiger partial charge in [0.15, 0.2) is 18.3 Å². The van der Waals surface area contributed by atoms with Gasteiger partial charge in [0.2, 0.25) is 0 Å². The molecule has 0 fully saturated rings. The van der Waals surface area contributed by atoms with Gasteiger partial charge in [-0.3, -0.25) is 0 Å². The summed E-state index contributed by atoms with van der Waals surface area (Å²) >= 11 is 0. The van der Waals surface area contributed by atoms with Gasteiger partial charge in [-0.15, -0.1) is 0 Å². The van der Waals surface area contributed by atoms with E-state index in [4.69, 9.17) is 15.3 Å². The third kappa shape index (κ3) is 9.18. The van der Waals surface area contributed by atoms with E-state index in [1.165, 1.54) is 0 Å². The molecule has 0 aliphatic heterocycles. The van der Waals surface area contributed by atoms with Crippen LogP contribution in [0.4, 0.5) is 0 Å². The van der Waals surface area contributed by atoms with Crippen LogP contribution in [0.2, 0.25) is 0 Å². The van der Waals surface area contributed by atoms with Crippen molar-refractivity contribution in [3.05, 3.63) is 0 Å². The van der Waals surface area contributed by atoms with Gasteiger partial charge in [0.1, 0.15) is 30.5 Å². The second kappa shape index (κ2) is 14.1. The molecule has 15 nitrogen and oxygen atoms in total. The summed E-state index contributed by atoms with van der Waals surface area (Å²) in [5.74, 6) is -8.92. The van der Waals surface area contributed by atoms with Gasteiger partial charge in [-0.2, -0.15) is 0 Å². The molecule has 0 aliphatic carbocycles. The Hall–Kier alpha value is -0.919. The molecule has 0 saturated heterocycles. The first-order valence-electron chi connectivity index (χ1n) is 6.85. The fourth-order valence-corrected chi connectivity index (χ4v) is 1.62. The zero-order valence-corrected chi connectivity index (χ0v) is 16.6. The fourth-order valence-electron chi connectivity index (χ4n) is 1.62. The Bertz CT molecular complexity index is 572. The van der Waals surface area contributed by atoms with E-state index < -0.39 is 72.7 Å². The number of carbonyl (C=O) groups excluding carboxylic acids is 3. The molecule has 0 rings (SSSR count). The van der Waals surface area contributed by atoms with Gasteiger partial charge in [-0.1, -0.05) is 0 Å². The van der Waals surface area contributed by atoms with Crippen molar-refractivity contribution in [1.29, 1.82) is 0 Å².